The fourth-order valence-corrected chi connectivity index (χ4v) is 2.84. The fourth-order valence-electron chi connectivity index (χ4n) is 2.84. The zero-order valence-corrected chi connectivity index (χ0v) is 12.4. The van der Waals surface area contributed by atoms with E-state index in [0.717, 1.165) is 48.8 Å². The fraction of sp³-hybridized carbons (Fsp3) is 0.250. The monoisotopic (exact) mass is 310 g/mol. The van der Waals surface area contributed by atoms with E-state index in [2.05, 4.69) is 29.7 Å². The summed E-state index contributed by atoms with van der Waals surface area (Å²) in [6.45, 7) is 3.15. The van der Waals surface area contributed by atoms with Gasteiger partial charge in [0.25, 0.3) is 0 Å². The maximum absolute atomic E-state index is 13.6. The first-order valence-electron chi connectivity index (χ1n) is 7.48. The number of halogens is 1. The van der Waals surface area contributed by atoms with Crippen LogP contribution >= 0.6 is 0 Å². The molecule has 0 N–H and O–H groups in total. The topological polar surface area (TPSA) is 58.0 Å². The van der Waals surface area contributed by atoms with Gasteiger partial charge in [-0.05, 0) is 24.3 Å². The molecule has 0 atom stereocenters. The highest BCUT2D eigenvalue weighted by Crippen LogP contribution is 2.25. The third-order valence-electron chi connectivity index (χ3n) is 3.99. The molecule has 6 nitrogen and oxygen atoms in total. The van der Waals surface area contributed by atoms with E-state index in [1.165, 1.54) is 18.5 Å². The highest BCUT2D eigenvalue weighted by Gasteiger charge is 2.21. The van der Waals surface area contributed by atoms with Gasteiger partial charge >= 0.3 is 0 Å². The normalized spacial score (nSPS) is 15.2. The van der Waals surface area contributed by atoms with Gasteiger partial charge in [-0.2, -0.15) is 0 Å². The van der Waals surface area contributed by atoms with E-state index >= 15 is 0 Å². The van der Waals surface area contributed by atoms with E-state index in [1.807, 2.05) is 0 Å². The predicted octanol–water partition coefficient (Wildman–Crippen LogP) is 1.89. The molecule has 1 saturated heterocycles. The molecule has 1 aliphatic rings. The molecule has 7 heteroatoms. The second kappa shape index (κ2) is 5.75. The van der Waals surface area contributed by atoms with Crippen LogP contribution in [-0.4, -0.2) is 46.1 Å². The zero-order chi connectivity index (χ0) is 15.6. The Morgan fingerprint density at radius 2 is 1.61 bits per heavy atom. The van der Waals surface area contributed by atoms with Crippen LogP contribution in [0.4, 0.5) is 16.2 Å². The van der Waals surface area contributed by atoms with Gasteiger partial charge in [-0.1, -0.05) is 0 Å². The Morgan fingerprint density at radius 3 is 2.39 bits per heavy atom. The summed E-state index contributed by atoms with van der Waals surface area (Å²) in [6.07, 6.45) is 5.02. The quantitative estimate of drug-likeness (QED) is 0.720. The molecule has 0 radical (unpaired) electrons. The van der Waals surface area contributed by atoms with Crippen molar-refractivity contribution in [3.05, 3.63) is 48.8 Å². The molecule has 2 aromatic heterocycles. The standard InChI is InChI=1S/C16H15FN6/c17-12-2-3-14-13(10-12)15(21-11-20-14)22-6-8-23(9-7-22)16-18-4-1-5-19-16/h1-5,10-11H,6-9H2. The number of hydrogen-bond donors (Lipinski definition) is 0. The van der Waals surface area contributed by atoms with E-state index in [1.54, 1.807) is 24.5 Å². The minimum atomic E-state index is -0.273. The van der Waals surface area contributed by atoms with Crippen molar-refractivity contribution in [1.29, 1.82) is 0 Å². The molecule has 1 aromatic carbocycles. The molecule has 0 unspecified atom stereocenters. The number of fused-ring (bicyclic) bond motifs is 1. The third-order valence-corrected chi connectivity index (χ3v) is 3.99. The summed E-state index contributed by atoms with van der Waals surface area (Å²) in [5.74, 6) is 1.25. The largest absolute Gasteiger partial charge is 0.352 e. The van der Waals surface area contributed by atoms with Crippen LogP contribution in [-0.2, 0) is 0 Å². The number of nitrogens with zero attached hydrogens (tertiary/aromatic N) is 6. The first kappa shape index (κ1) is 13.8. The van der Waals surface area contributed by atoms with Crippen LogP contribution in [0.5, 0.6) is 0 Å². The molecule has 3 aromatic rings. The number of hydrogen-bond acceptors (Lipinski definition) is 6. The Hall–Kier alpha value is -2.83. The van der Waals surface area contributed by atoms with Crippen molar-refractivity contribution < 1.29 is 4.39 Å². The van der Waals surface area contributed by atoms with Gasteiger partial charge in [0.15, 0.2) is 0 Å². The van der Waals surface area contributed by atoms with Gasteiger partial charge in [0.1, 0.15) is 18.0 Å². The Balaban J connectivity index is 1.58. The van der Waals surface area contributed by atoms with Crippen LogP contribution in [0, 0.1) is 5.82 Å². The smallest absolute Gasteiger partial charge is 0.225 e. The van der Waals surface area contributed by atoms with E-state index in [0.29, 0.717) is 0 Å². The van der Waals surface area contributed by atoms with Crippen molar-refractivity contribution in [3.63, 3.8) is 0 Å². The van der Waals surface area contributed by atoms with Gasteiger partial charge in [-0.3, -0.25) is 0 Å². The van der Waals surface area contributed by atoms with Crippen LogP contribution < -0.4 is 9.80 Å². The molecular weight excluding hydrogens is 295 g/mol. The molecule has 0 spiro atoms. The van der Waals surface area contributed by atoms with Gasteiger partial charge in [-0.25, -0.2) is 24.3 Å². The Kier molecular flexibility index (Phi) is 3.45. The third kappa shape index (κ3) is 2.65. The van der Waals surface area contributed by atoms with E-state index in [9.17, 15) is 4.39 Å². The molecule has 3 heterocycles. The van der Waals surface area contributed by atoms with Gasteiger partial charge in [-0.15, -0.1) is 0 Å². The first-order valence-corrected chi connectivity index (χ1v) is 7.48. The number of rotatable bonds is 2. The van der Waals surface area contributed by atoms with Crippen molar-refractivity contribution in [2.75, 3.05) is 36.0 Å². The summed E-state index contributed by atoms with van der Waals surface area (Å²) < 4.78 is 13.6. The lowest BCUT2D eigenvalue weighted by Gasteiger charge is -2.35. The summed E-state index contributed by atoms with van der Waals surface area (Å²) in [4.78, 5) is 21.4. The maximum Gasteiger partial charge on any atom is 0.225 e. The van der Waals surface area contributed by atoms with Crippen LogP contribution in [0.25, 0.3) is 10.9 Å². The molecule has 0 saturated carbocycles. The Morgan fingerprint density at radius 1 is 0.870 bits per heavy atom. The molecule has 1 fully saturated rings. The average Bonchev–Trinajstić information content (AvgIpc) is 2.62. The van der Waals surface area contributed by atoms with Gasteiger partial charge in [0, 0.05) is 44.0 Å². The lowest BCUT2D eigenvalue weighted by molar-refractivity contribution is 0.627. The zero-order valence-electron chi connectivity index (χ0n) is 12.4. The number of aromatic nitrogens is 4. The van der Waals surface area contributed by atoms with Crippen molar-refractivity contribution in [2.24, 2.45) is 0 Å². The summed E-state index contributed by atoms with van der Waals surface area (Å²) in [5.41, 5.74) is 0.755. The second-order valence-corrected chi connectivity index (χ2v) is 5.38. The van der Waals surface area contributed by atoms with E-state index in [-0.39, 0.29) is 5.82 Å². The highest BCUT2D eigenvalue weighted by atomic mass is 19.1. The first-order chi connectivity index (χ1) is 11.3. The van der Waals surface area contributed by atoms with Crippen molar-refractivity contribution in [2.45, 2.75) is 0 Å². The van der Waals surface area contributed by atoms with Crippen molar-refractivity contribution >= 4 is 22.7 Å². The number of anilines is 2. The lowest BCUT2D eigenvalue weighted by atomic mass is 10.2. The van der Waals surface area contributed by atoms with Crippen molar-refractivity contribution in [1.82, 2.24) is 19.9 Å². The number of piperazine rings is 1. The Labute approximate surface area is 132 Å². The summed E-state index contributed by atoms with van der Waals surface area (Å²) in [6, 6.07) is 6.41. The molecule has 0 bridgehead atoms. The van der Waals surface area contributed by atoms with Crippen LogP contribution in [0.1, 0.15) is 0 Å². The number of benzene rings is 1. The van der Waals surface area contributed by atoms with E-state index in [4.69, 9.17) is 0 Å². The van der Waals surface area contributed by atoms with Crippen molar-refractivity contribution in [3.8, 4) is 0 Å². The molecule has 0 amide bonds. The van der Waals surface area contributed by atoms with Crippen LogP contribution in [0.3, 0.4) is 0 Å². The van der Waals surface area contributed by atoms with Gasteiger partial charge in [0.2, 0.25) is 5.95 Å². The highest BCUT2D eigenvalue weighted by molar-refractivity contribution is 5.89. The molecule has 116 valence electrons. The molecule has 1 aliphatic heterocycles. The predicted molar refractivity (Wildman–Crippen MR) is 86.0 cm³/mol. The molecule has 4 rings (SSSR count). The minimum Gasteiger partial charge on any atom is -0.352 e. The molecule has 23 heavy (non-hydrogen) atoms. The second-order valence-electron chi connectivity index (χ2n) is 5.38. The van der Waals surface area contributed by atoms with Gasteiger partial charge < -0.3 is 9.80 Å². The Bertz CT molecular complexity index is 817. The van der Waals surface area contributed by atoms with Crippen LogP contribution in [0.15, 0.2) is 43.0 Å². The minimum absolute atomic E-state index is 0.273. The molecular formula is C16H15FN6. The summed E-state index contributed by atoms with van der Waals surface area (Å²) in [7, 11) is 0. The summed E-state index contributed by atoms with van der Waals surface area (Å²) >= 11 is 0. The SMILES string of the molecule is Fc1ccc2ncnc(N3CCN(c4ncccn4)CC3)c2c1. The average molecular weight is 310 g/mol. The lowest BCUT2D eigenvalue weighted by Crippen LogP contribution is -2.47. The van der Waals surface area contributed by atoms with E-state index < -0.39 is 0 Å². The van der Waals surface area contributed by atoms with Gasteiger partial charge in [0.05, 0.1) is 5.52 Å². The summed E-state index contributed by atoms with van der Waals surface area (Å²) in [5, 5.41) is 0.747. The molecule has 0 aliphatic carbocycles. The van der Waals surface area contributed by atoms with Crippen LogP contribution in [0.2, 0.25) is 0 Å². The maximum atomic E-state index is 13.6.